The molecule has 0 aliphatic carbocycles. The van der Waals surface area contributed by atoms with Gasteiger partial charge >= 0.3 is 0 Å². The van der Waals surface area contributed by atoms with E-state index in [1.54, 1.807) is 13.0 Å². The molecular weight excluding hydrogens is 282 g/mol. The number of aromatic nitrogens is 1. The number of hydrogen-bond donors (Lipinski definition) is 2. The number of rotatable bonds is 4. The van der Waals surface area contributed by atoms with E-state index in [9.17, 15) is 8.42 Å². The lowest BCUT2D eigenvalue weighted by Crippen LogP contribution is -2.15. The van der Waals surface area contributed by atoms with Crippen molar-refractivity contribution in [3.63, 3.8) is 0 Å². The van der Waals surface area contributed by atoms with Crippen molar-refractivity contribution in [2.45, 2.75) is 18.7 Å². The highest BCUT2D eigenvalue weighted by atomic mass is 32.2. The fraction of sp³-hybridized carbons (Fsp3) is 0.250. The van der Waals surface area contributed by atoms with Gasteiger partial charge in [0.05, 0.1) is 18.5 Å². The van der Waals surface area contributed by atoms with E-state index in [2.05, 4.69) is 9.88 Å². The lowest BCUT2D eigenvalue weighted by molar-refractivity contribution is 0.390. The Labute approximate surface area is 116 Å². The molecule has 7 nitrogen and oxygen atoms in total. The maximum absolute atomic E-state index is 12.3. The first-order valence-electron chi connectivity index (χ1n) is 5.74. The zero-order chi connectivity index (χ0) is 14.9. The van der Waals surface area contributed by atoms with Gasteiger partial charge in [-0.3, -0.25) is 4.72 Å². The molecule has 0 radical (unpaired) electrons. The van der Waals surface area contributed by atoms with Crippen LogP contribution in [-0.4, -0.2) is 20.7 Å². The molecule has 2 rings (SSSR count). The van der Waals surface area contributed by atoms with Gasteiger partial charge in [-0.2, -0.15) is 0 Å². The van der Waals surface area contributed by atoms with Crippen molar-refractivity contribution in [2.24, 2.45) is 0 Å². The maximum Gasteiger partial charge on any atom is 0.267 e. The van der Waals surface area contributed by atoms with Crippen LogP contribution in [0.2, 0.25) is 0 Å². The third-order valence-electron chi connectivity index (χ3n) is 2.74. The molecular formula is C12H15N3O4S. The van der Waals surface area contributed by atoms with Crippen molar-refractivity contribution in [3.05, 3.63) is 29.7 Å². The summed E-state index contributed by atoms with van der Waals surface area (Å²) in [5.41, 5.74) is 6.61. The Balaban J connectivity index is 2.39. The van der Waals surface area contributed by atoms with E-state index in [0.29, 0.717) is 11.4 Å². The average Bonchev–Trinajstić information content (AvgIpc) is 2.72. The van der Waals surface area contributed by atoms with Crippen LogP contribution in [0.1, 0.15) is 11.5 Å². The molecule has 0 bridgehead atoms. The predicted octanol–water partition coefficient (Wildman–Crippen LogP) is 1.68. The van der Waals surface area contributed by atoms with E-state index in [4.69, 9.17) is 15.0 Å². The molecule has 8 heteroatoms. The van der Waals surface area contributed by atoms with Gasteiger partial charge < -0.3 is 15.0 Å². The third-order valence-corrected chi connectivity index (χ3v) is 4.35. The Morgan fingerprint density at radius 2 is 2.05 bits per heavy atom. The first-order chi connectivity index (χ1) is 9.35. The molecule has 0 atom stereocenters. The van der Waals surface area contributed by atoms with Crippen molar-refractivity contribution in [2.75, 3.05) is 17.6 Å². The number of methoxy groups -OCH3 is 1. The Bertz CT molecular complexity index is 718. The Hall–Kier alpha value is -2.22. The molecule has 0 aliphatic rings. The second kappa shape index (κ2) is 5.04. The number of benzene rings is 1. The fourth-order valence-corrected chi connectivity index (χ4v) is 3.23. The molecule has 3 N–H and O–H groups in total. The molecule has 0 fully saturated rings. The number of anilines is 2. The predicted molar refractivity (Wildman–Crippen MR) is 74.2 cm³/mol. The zero-order valence-corrected chi connectivity index (χ0v) is 12.1. The summed E-state index contributed by atoms with van der Waals surface area (Å²) in [5, 5.41) is 3.63. The van der Waals surface area contributed by atoms with Crippen LogP contribution in [-0.2, 0) is 10.0 Å². The topological polar surface area (TPSA) is 107 Å². The van der Waals surface area contributed by atoms with Crippen molar-refractivity contribution >= 4 is 21.4 Å². The van der Waals surface area contributed by atoms with Gasteiger partial charge in [0.25, 0.3) is 10.0 Å². The minimum atomic E-state index is -3.80. The highest BCUT2D eigenvalue weighted by Gasteiger charge is 2.24. The Kier molecular flexibility index (Phi) is 3.58. The van der Waals surface area contributed by atoms with Crippen LogP contribution in [0.25, 0.3) is 0 Å². The number of nitrogens with one attached hydrogen (secondary N) is 1. The molecule has 1 aromatic heterocycles. The van der Waals surface area contributed by atoms with Gasteiger partial charge in [0.2, 0.25) is 0 Å². The van der Waals surface area contributed by atoms with Gasteiger partial charge in [-0.05, 0) is 26.0 Å². The monoisotopic (exact) mass is 297 g/mol. The van der Waals surface area contributed by atoms with Crippen molar-refractivity contribution in [1.29, 1.82) is 0 Å². The lowest BCUT2D eigenvalue weighted by Gasteiger charge is -2.11. The standard InChI is InChI=1S/C12H15N3O4S/c1-7-12(8(2)19-14-7)20(16,17)15-11-5-4-9(18-3)6-10(11)13/h4-6,15H,13H2,1-3H3. The van der Waals surface area contributed by atoms with Crippen LogP contribution in [0.3, 0.4) is 0 Å². The lowest BCUT2D eigenvalue weighted by atomic mass is 10.2. The molecule has 1 heterocycles. The average molecular weight is 297 g/mol. The second-order valence-electron chi connectivity index (χ2n) is 4.21. The van der Waals surface area contributed by atoms with Gasteiger partial charge in [0, 0.05) is 6.07 Å². The van der Waals surface area contributed by atoms with Gasteiger partial charge in [-0.1, -0.05) is 5.16 Å². The van der Waals surface area contributed by atoms with E-state index in [0.717, 1.165) is 0 Å². The quantitative estimate of drug-likeness (QED) is 0.831. The summed E-state index contributed by atoms with van der Waals surface area (Å²) in [6.07, 6.45) is 0. The normalized spacial score (nSPS) is 11.3. The molecule has 0 spiro atoms. The molecule has 0 saturated carbocycles. The van der Waals surface area contributed by atoms with Gasteiger partial charge in [-0.25, -0.2) is 8.42 Å². The van der Waals surface area contributed by atoms with Crippen LogP contribution < -0.4 is 15.2 Å². The molecule has 0 amide bonds. The third kappa shape index (κ3) is 2.55. The smallest absolute Gasteiger partial charge is 0.267 e. The summed E-state index contributed by atoms with van der Waals surface area (Å²) in [6.45, 7) is 3.09. The summed E-state index contributed by atoms with van der Waals surface area (Å²) >= 11 is 0. The number of nitrogen functional groups attached to an aromatic ring is 1. The van der Waals surface area contributed by atoms with Crippen LogP contribution in [0.5, 0.6) is 5.75 Å². The largest absolute Gasteiger partial charge is 0.497 e. The molecule has 20 heavy (non-hydrogen) atoms. The van der Waals surface area contributed by atoms with E-state index < -0.39 is 10.0 Å². The second-order valence-corrected chi connectivity index (χ2v) is 5.83. The Morgan fingerprint density at radius 1 is 1.35 bits per heavy atom. The van der Waals surface area contributed by atoms with Crippen LogP contribution in [0, 0.1) is 13.8 Å². The molecule has 0 aliphatic heterocycles. The van der Waals surface area contributed by atoms with E-state index in [-0.39, 0.29) is 22.0 Å². The molecule has 108 valence electrons. The number of ether oxygens (including phenoxy) is 1. The highest BCUT2D eigenvalue weighted by molar-refractivity contribution is 7.92. The van der Waals surface area contributed by atoms with E-state index >= 15 is 0 Å². The number of nitrogens with two attached hydrogens (primary N) is 1. The number of hydrogen-bond acceptors (Lipinski definition) is 6. The first-order valence-corrected chi connectivity index (χ1v) is 7.22. The molecule has 0 saturated heterocycles. The summed E-state index contributed by atoms with van der Waals surface area (Å²) in [5.74, 6) is 0.768. The van der Waals surface area contributed by atoms with E-state index in [1.807, 2.05) is 0 Å². The number of nitrogens with zero attached hydrogens (tertiary/aromatic N) is 1. The van der Waals surface area contributed by atoms with E-state index in [1.165, 1.54) is 26.2 Å². The summed E-state index contributed by atoms with van der Waals surface area (Å²) in [6, 6.07) is 4.68. The van der Waals surface area contributed by atoms with Gasteiger partial charge in [0.15, 0.2) is 10.7 Å². The molecule has 1 aromatic carbocycles. The maximum atomic E-state index is 12.3. The zero-order valence-electron chi connectivity index (χ0n) is 11.3. The fourth-order valence-electron chi connectivity index (χ4n) is 1.81. The van der Waals surface area contributed by atoms with Crippen molar-refractivity contribution in [3.8, 4) is 5.75 Å². The first kappa shape index (κ1) is 14.2. The van der Waals surface area contributed by atoms with Gasteiger partial charge in [0.1, 0.15) is 11.4 Å². The summed E-state index contributed by atoms with van der Waals surface area (Å²) < 4.78 is 36.9. The molecule has 0 unspecified atom stereocenters. The minimum absolute atomic E-state index is 0.0210. The van der Waals surface area contributed by atoms with Crippen LogP contribution in [0.15, 0.2) is 27.6 Å². The number of aryl methyl sites for hydroxylation is 2. The summed E-state index contributed by atoms with van der Waals surface area (Å²) in [4.78, 5) is 0.0210. The van der Waals surface area contributed by atoms with Crippen molar-refractivity contribution in [1.82, 2.24) is 5.16 Å². The van der Waals surface area contributed by atoms with Gasteiger partial charge in [-0.15, -0.1) is 0 Å². The van der Waals surface area contributed by atoms with Crippen LogP contribution >= 0.6 is 0 Å². The van der Waals surface area contributed by atoms with Crippen molar-refractivity contribution < 1.29 is 17.7 Å². The van der Waals surface area contributed by atoms with Crippen LogP contribution in [0.4, 0.5) is 11.4 Å². The minimum Gasteiger partial charge on any atom is -0.497 e. The Morgan fingerprint density at radius 3 is 2.55 bits per heavy atom. The molecule has 2 aromatic rings. The SMILES string of the molecule is COc1ccc(NS(=O)(=O)c2c(C)noc2C)c(N)c1. The highest BCUT2D eigenvalue weighted by Crippen LogP contribution is 2.28. The number of sulfonamides is 1. The summed E-state index contributed by atoms with van der Waals surface area (Å²) in [7, 11) is -2.30.